The lowest BCUT2D eigenvalue weighted by molar-refractivity contribution is 0.314. The lowest BCUT2D eigenvalue weighted by Crippen LogP contribution is -2.36. The predicted molar refractivity (Wildman–Crippen MR) is 78.2 cm³/mol. The van der Waals surface area contributed by atoms with Gasteiger partial charge in [-0.25, -0.2) is 0 Å². The van der Waals surface area contributed by atoms with Crippen LogP contribution in [-0.2, 0) is 0 Å². The highest BCUT2D eigenvalue weighted by atomic mass is 32.2. The minimum Gasteiger partial charge on any atom is -0.467 e. The van der Waals surface area contributed by atoms with E-state index in [4.69, 9.17) is 4.74 Å². The molecule has 0 saturated carbocycles. The molecule has 0 aromatic carbocycles. The smallest absolute Gasteiger partial charge is 0.322 e. The van der Waals surface area contributed by atoms with Crippen LogP contribution in [-0.4, -0.2) is 71.7 Å². The molecule has 1 aliphatic heterocycles. The molecular weight excluding hydrogens is 264 g/mol. The summed E-state index contributed by atoms with van der Waals surface area (Å²) < 4.78 is 5.04. The normalized spacial score (nSPS) is 16.1. The Balaban J connectivity index is 1.84. The van der Waals surface area contributed by atoms with E-state index in [0.29, 0.717) is 17.9 Å². The fourth-order valence-corrected chi connectivity index (χ4v) is 2.77. The molecule has 0 spiro atoms. The van der Waals surface area contributed by atoms with Gasteiger partial charge in [0, 0.05) is 44.7 Å². The number of hydrogen-bond acceptors (Lipinski definition) is 8. The molecule has 0 amide bonds. The van der Waals surface area contributed by atoms with E-state index in [0.717, 1.165) is 26.2 Å². The number of aromatic nitrogens is 3. The van der Waals surface area contributed by atoms with Crippen molar-refractivity contribution >= 4 is 23.7 Å². The molecule has 19 heavy (non-hydrogen) atoms. The molecule has 0 unspecified atom stereocenters. The van der Waals surface area contributed by atoms with E-state index in [1.54, 1.807) is 14.2 Å². The van der Waals surface area contributed by atoms with Crippen molar-refractivity contribution in [2.45, 2.75) is 0 Å². The third-order valence-electron chi connectivity index (χ3n) is 2.84. The molecule has 1 saturated heterocycles. The second kappa shape index (κ2) is 7.34. The first-order valence-corrected chi connectivity index (χ1v) is 7.49. The van der Waals surface area contributed by atoms with Gasteiger partial charge in [-0.05, 0) is 0 Å². The van der Waals surface area contributed by atoms with Crippen LogP contribution in [0.5, 0.6) is 6.01 Å². The Morgan fingerprint density at radius 2 is 1.95 bits per heavy atom. The van der Waals surface area contributed by atoms with Gasteiger partial charge in [0.25, 0.3) is 0 Å². The van der Waals surface area contributed by atoms with Crippen molar-refractivity contribution in [3.63, 3.8) is 0 Å². The van der Waals surface area contributed by atoms with Crippen LogP contribution in [0, 0.1) is 0 Å². The quantitative estimate of drug-likeness (QED) is 0.777. The van der Waals surface area contributed by atoms with Gasteiger partial charge in [0.1, 0.15) is 0 Å². The summed E-state index contributed by atoms with van der Waals surface area (Å²) in [6.07, 6.45) is 0. The number of rotatable bonds is 6. The second-order valence-corrected chi connectivity index (χ2v) is 5.32. The zero-order valence-electron chi connectivity index (χ0n) is 11.3. The Hall–Kier alpha value is -1.28. The van der Waals surface area contributed by atoms with E-state index in [-0.39, 0.29) is 0 Å². The van der Waals surface area contributed by atoms with Crippen LogP contribution in [0.1, 0.15) is 0 Å². The molecule has 1 aliphatic rings. The number of nitrogens with zero attached hydrogens (tertiary/aromatic N) is 4. The van der Waals surface area contributed by atoms with Gasteiger partial charge in [-0.1, -0.05) is 0 Å². The number of ether oxygens (including phenoxy) is 1. The topological polar surface area (TPSA) is 75.2 Å². The van der Waals surface area contributed by atoms with E-state index in [9.17, 15) is 0 Å². The summed E-state index contributed by atoms with van der Waals surface area (Å²) in [6.45, 7) is 4.15. The van der Waals surface area contributed by atoms with Gasteiger partial charge in [0.2, 0.25) is 11.9 Å². The van der Waals surface area contributed by atoms with Crippen LogP contribution in [0.4, 0.5) is 11.9 Å². The van der Waals surface area contributed by atoms with Gasteiger partial charge in [-0.3, -0.25) is 4.90 Å². The van der Waals surface area contributed by atoms with Crippen molar-refractivity contribution in [3.8, 4) is 6.01 Å². The van der Waals surface area contributed by atoms with E-state index < -0.39 is 0 Å². The Morgan fingerprint density at radius 3 is 2.63 bits per heavy atom. The molecule has 8 heteroatoms. The van der Waals surface area contributed by atoms with E-state index in [1.807, 2.05) is 11.8 Å². The summed E-state index contributed by atoms with van der Waals surface area (Å²) in [5, 5.41) is 6.10. The third kappa shape index (κ3) is 4.39. The highest BCUT2D eigenvalue weighted by molar-refractivity contribution is 7.99. The first-order valence-electron chi connectivity index (χ1n) is 6.33. The van der Waals surface area contributed by atoms with Gasteiger partial charge < -0.3 is 15.4 Å². The van der Waals surface area contributed by atoms with E-state index in [1.165, 1.54) is 11.5 Å². The molecule has 1 aromatic rings. The molecule has 2 rings (SSSR count). The highest BCUT2D eigenvalue weighted by Crippen LogP contribution is 2.11. The summed E-state index contributed by atoms with van der Waals surface area (Å²) in [5.41, 5.74) is 0. The van der Waals surface area contributed by atoms with Gasteiger partial charge >= 0.3 is 6.01 Å². The molecule has 106 valence electrons. The summed E-state index contributed by atoms with van der Waals surface area (Å²) in [6, 6.07) is 0.316. The van der Waals surface area contributed by atoms with Crippen LogP contribution in [0.15, 0.2) is 0 Å². The average Bonchev–Trinajstić information content (AvgIpc) is 2.48. The number of anilines is 2. The largest absolute Gasteiger partial charge is 0.467 e. The minimum absolute atomic E-state index is 0.316. The Kier molecular flexibility index (Phi) is 5.46. The molecule has 0 radical (unpaired) electrons. The van der Waals surface area contributed by atoms with Crippen molar-refractivity contribution in [3.05, 3.63) is 0 Å². The average molecular weight is 284 g/mol. The second-order valence-electron chi connectivity index (χ2n) is 4.10. The van der Waals surface area contributed by atoms with Gasteiger partial charge in [-0.2, -0.15) is 26.7 Å². The fraction of sp³-hybridized carbons (Fsp3) is 0.727. The number of hydrogen-bond donors (Lipinski definition) is 2. The predicted octanol–water partition coefficient (Wildman–Crippen LogP) is 0.383. The first-order chi connectivity index (χ1) is 9.31. The number of nitrogens with one attached hydrogen (secondary N) is 2. The maximum Gasteiger partial charge on any atom is 0.322 e. The van der Waals surface area contributed by atoms with Gasteiger partial charge in [-0.15, -0.1) is 0 Å². The Morgan fingerprint density at radius 1 is 1.21 bits per heavy atom. The van der Waals surface area contributed by atoms with E-state index >= 15 is 0 Å². The van der Waals surface area contributed by atoms with E-state index in [2.05, 4.69) is 30.5 Å². The number of methoxy groups -OCH3 is 1. The molecule has 2 heterocycles. The van der Waals surface area contributed by atoms with Crippen molar-refractivity contribution in [1.82, 2.24) is 19.9 Å². The van der Waals surface area contributed by atoms with Crippen LogP contribution in [0.3, 0.4) is 0 Å². The van der Waals surface area contributed by atoms with Crippen molar-refractivity contribution in [2.24, 2.45) is 0 Å². The van der Waals surface area contributed by atoms with Crippen LogP contribution >= 0.6 is 11.8 Å². The lowest BCUT2D eigenvalue weighted by atomic mass is 10.4. The molecule has 2 N–H and O–H groups in total. The molecule has 1 aromatic heterocycles. The third-order valence-corrected chi connectivity index (χ3v) is 3.78. The minimum atomic E-state index is 0.316. The Bertz CT molecular complexity index is 377. The maximum atomic E-state index is 5.04. The van der Waals surface area contributed by atoms with Crippen LogP contribution in [0.2, 0.25) is 0 Å². The monoisotopic (exact) mass is 284 g/mol. The summed E-state index contributed by atoms with van der Waals surface area (Å²) in [5.74, 6) is 3.50. The van der Waals surface area contributed by atoms with Crippen molar-refractivity contribution in [2.75, 3.05) is 62.5 Å². The summed E-state index contributed by atoms with van der Waals surface area (Å²) in [4.78, 5) is 14.9. The lowest BCUT2D eigenvalue weighted by Gasteiger charge is -2.25. The zero-order valence-corrected chi connectivity index (χ0v) is 12.2. The molecular formula is C11H20N6OS. The number of thioether (sulfide) groups is 1. The Labute approximate surface area is 117 Å². The van der Waals surface area contributed by atoms with Crippen molar-refractivity contribution in [1.29, 1.82) is 0 Å². The molecule has 0 aliphatic carbocycles. The van der Waals surface area contributed by atoms with Gasteiger partial charge in [0.05, 0.1) is 7.11 Å². The molecule has 1 fully saturated rings. The molecule has 0 bridgehead atoms. The van der Waals surface area contributed by atoms with Crippen LogP contribution < -0.4 is 15.4 Å². The SMILES string of the molecule is CNc1nc(NCCN2CCSCC2)nc(OC)n1. The molecule has 7 nitrogen and oxygen atoms in total. The summed E-state index contributed by atoms with van der Waals surface area (Å²) >= 11 is 2.02. The van der Waals surface area contributed by atoms with Gasteiger partial charge in [0.15, 0.2) is 0 Å². The summed E-state index contributed by atoms with van der Waals surface area (Å²) in [7, 11) is 3.31. The fourth-order valence-electron chi connectivity index (χ4n) is 1.79. The maximum absolute atomic E-state index is 5.04. The standard InChI is InChI=1S/C11H20N6OS/c1-12-9-14-10(16-11(15-9)18-2)13-3-4-17-5-7-19-8-6-17/h3-8H2,1-2H3,(H2,12,13,14,15,16). The van der Waals surface area contributed by atoms with Crippen molar-refractivity contribution < 1.29 is 4.74 Å². The highest BCUT2D eigenvalue weighted by Gasteiger charge is 2.10. The first kappa shape index (κ1) is 14.1. The zero-order chi connectivity index (χ0) is 13.5. The van der Waals surface area contributed by atoms with Crippen LogP contribution in [0.25, 0.3) is 0 Å². The molecule has 0 atom stereocenters.